The van der Waals surface area contributed by atoms with Crippen LogP contribution in [-0.4, -0.2) is 36.9 Å². The zero-order valence-corrected chi connectivity index (χ0v) is 13.9. The maximum Gasteiger partial charge on any atom is 0.321 e. The van der Waals surface area contributed by atoms with E-state index in [-0.39, 0.29) is 6.03 Å². The fraction of sp³-hybridized carbons (Fsp3) is 0.235. The van der Waals surface area contributed by atoms with Crippen molar-refractivity contribution in [2.75, 3.05) is 25.5 Å². The average Bonchev–Trinajstić information content (AvgIpc) is 2.57. The van der Waals surface area contributed by atoms with Gasteiger partial charge in [0.2, 0.25) is 0 Å². The summed E-state index contributed by atoms with van der Waals surface area (Å²) in [5.41, 5.74) is 0.364. The van der Waals surface area contributed by atoms with Crippen molar-refractivity contribution in [3.8, 4) is 5.75 Å². The van der Waals surface area contributed by atoms with Crippen molar-refractivity contribution >= 4 is 23.5 Å². The molecule has 2 rings (SSSR count). The van der Waals surface area contributed by atoms with Crippen LogP contribution >= 0.6 is 11.8 Å². The lowest BCUT2D eigenvalue weighted by atomic mass is 10.3. The van der Waals surface area contributed by atoms with E-state index in [0.717, 1.165) is 5.75 Å². The van der Waals surface area contributed by atoms with Gasteiger partial charge in [-0.3, -0.25) is 0 Å². The number of halogens is 2. The van der Waals surface area contributed by atoms with Crippen molar-refractivity contribution in [3.63, 3.8) is 0 Å². The molecule has 0 bridgehead atoms. The summed E-state index contributed by atoms with van der Waals surface area (Å²) >= 11 is 0.403. The van der Waals surface area contributed by atoms with E-state index in [1.807, 2.05) is 30.3 Å². The highest BCUT2D eigenvalue weighted by molar-refractivity contribution is 7.99. The fourth-order valence-electron chi connectivity index (χ4n) is 1.90. The average molecular weight is 352 g/mol. The number of carbonyl (C=O) groups excluding carboxylic acids is 1. The van der Waals surface area contributed by atoms with Crippen LogP contribution in [0.1, 0.15) is 0 Å². The van der Waals surface area contributed by atoms with Gasteiger partial charge in [-0.05, 0) is 24.3 Å². The van der Waals surface area contributed by atoms with Crippen LogP contribution in [-0.2, 0) is 0 Å². The first-order chi connectivity index (χ1) is 11.6. The number of likely N-dealkylation sites (N-methyl/N-ethyl adjacent to an activating group) is 1. The standard InChI is InChI=1S/C17H18F2N2O2S/c1-21(11-12-23-13-7-3-2-4-8-13)17(22)20-14-9-5-6-10-15(14)24-16(18)19/h2-10,16H,11-12H2,1H3,(H,20,22). The highest BCUT2D eigenvalue weighted by Crippen LogP contribution is 2.31. The molecular formula is C17H18F2N2O2S. The van der Waals surface area contributed by atoms with Gasteiger partial charge in [0.1, 0.15) is 12.4 Å². The molecule has 2 aromatic rings. The molecule has 0 unspecified atom stereocenters. The van der Waals surface area contributed by atoms with Crippen LogP contribution in [0.4, 0.5) is 19.3 Å². The Bertz CT molecular complexity index is 656. The molecule has 0 saturated carbocycles. The van der Waals surface area contributed by atoms with E-state index >= 15 is 0 Å². The minimum absolute atomic E-state index is 0.329. The molecule has 0 aliphatic rings. The molecule has 7 heteroatoms. The van der Waals surface area contributed by atoms with Crippen molar-refractivity contribution in [1.82, 2.24) is 4.90 Å². The van der Waals surface area contributed by atoms with E-state index in [1.165, 1.54) is 4.90 Å². The van der Waals surface area contributed by atoms with E-state index in [4.69, 9.17) is 4.74 Å². The number of ether oxygens (including phenoxy) is 1. The monoisotopic (exact) mass is 352 g/mol. The number of para-hydroxylation sites is 2. The molecule has 0 aliphatic heterocycles. The van der Waals surface area contributed by atoms with E-state index in [9.17, 15) is 13.6 Å². The highest BCUT2D eigenvalue weighted by Gasteiger charge is 2.14. The Labute approximate surface area is 143 Å². The molecule has 24 heavy (non-hydrogen) atoms. The highest BCUT2D eigenvalue weighted by atomic mass is 32.2. The SMILES string of the molecule is CN(CCOc1ccccc1)C(=O)Nc1ccccc1SC(F)F. The minimum atomic E-state index is -2.54. The van der Waals surface area contributed by atoms with Gasteiger partial charge in [-0.2, -0.15) is 8.78 Å². The molecule has 1 N–H and O–H groups in total. The fourth-order valence-corrected chi connectivity index (χ4v) is 2.49. The van der Waals surface area contributed by atoms with Gasteiger partial charge in [-0.1, -0.05) is 42.1 Å². The van der Waals surface area contributed by atoms with Gasteiger partial charge < -0.3 is 15.0 Å². The molecule has 0 spiro atoms. The summed E-state index contributed by atoms with van der Waals surface area (Å²) < 4.78 is 30.6. The Balaban J connectivity index is 1.85. The number of nitrogens with one attached hydrogen (secondary N) is 1. The van der Waals surface area contributed by atoms with E-state index < -0.39 is 5.76 Å². The normalized spacial score (nSPS) is 10.5. The molecule has 4 nitrogen and oxygen atoms in total. The van der Waals surface area contributed by atoms with Crippen LogP contribution < -0.4 is 10.1 Å². The summed E-state index contributed by atoms with van der Waals surface area (Å²) in [6.07, 6.45) is 0. The number of amides is 2. The number of hydrogen-bond donors (Lipinski definition) is 1. The number of anilines is 1. The largest absolute Gasteiger partial charge is 0.492 e. The van der Waals surface area contributed by atoms with Crippen molar-refractivity contribution < 1.29 is 18.3 Å². The summed E-state index contributed by atoms with van der Waals surface area (Å²) in [4.78, 5) is 13.9. The van der Waals surface area contributed by atoms with Gasteiger partial charge in [0.05, 0.1) is 12.2 Å². The predicted molar refractivity (Wildman–Crippen MR) is 91.9 cm³/mol. The first kappa shape index (κ1) is 18.1. The molecule has 0 heterocycles. The second-order valence-corrected chi connectivity index (χ2v) is 5.92. The lowest BCUT2D eigenvalue weighted by Crippen LogP contribution is -2.34. The Morgan fingerprint density at radius 3 is 2.54 bits per heavy atom. The maximum atomic E-state index is 12.5. The minimum Gasteiger partial charge on any atom is -0.492 e. The Kier molecular flexibility index (Phi) is 6.87. The van der Waals surface area contributed by atoms with Crippen LogP contribution in [0.15, 0.2) is 59.5 Å². The summed E-state index contributed by atoms with van der Waals surface area (Å²) in [5.74, 6) is -1.81. The zero-order chi connectivity index (χ0) is 17.4. The predicted octanol–water partition coefficient (Wildman–Crippen LogP) is 4.54. The molecule has 0 fully saturated rings. The first-order valence-corrected chi connectivity index (χ1v) is 8.18. The summed E-state index contributed by atoms with van der Waals surface area (Å²) in [7, 11) is 1.62. The van der Waals surface area contributed by atoms with Crippen LogP contribution in [0, 0.1) is 0 Å². The third kappa shape index (κ3) is 5.73. The second kappa shape index (κ2) is 9.12. The molecule has 0 aliphatic carbocycles. The number of benzene rings is 2. The number of thioether (sulfide) groups is 1. The Morgan fingerprint density at radius 1 is 1.17 bits per heavy atom. The van der Waals surface area contributed by atoms with Crippen LogP contribution in [0.3, 0.4) is 0 Å². The third-order valence-electron chi connectivity index (χ3n) is 3.13. The number of carbonyl (C=O) groups is 1. The Hall–Kier alpha value is -2.28. The van der Waals surface area contributed by atoms with Crippen LogP contribution in [0.25, 0.3) is 0 Å². The maximum absolute atomic E-state index is 12.5. The lowest BCUT2D eigenvalue weighted by Gasteiger charge is -2.19. The van der Waals surface area contributed by atoms with Crippen molar-refractivity contribution in [1.29, 1.82) is 0 Å². The first-order valence-electron chi connectivity index (χ1n) is 7.30. The van der Waals surface area contributed by atoms with E-state index in [2.05, 4.69) is 5.32 Å². The third-order valence-corrected chi connectivity index (χ3v) is 3.92. The van der Waals surface area contributed by atoms with Crippen LogP contribution in [0.5, 0.6) is 5.75 Å². The van der Waals surface area contributed by atoms with E-state index in [0.29, 0.717) is 35.5 Å². The van der Waals surface area contributed by atoms with Gasteiger partial charge >= 0.3 is 6.03 Å². The molecule has 128 valence electrons. The number of nitrogens with zero attached hydrogens (tertiary/aromatic N) is 1. The van der Waals surface area contributed by atoms with Gasteiger partial charge in [0, 0.05) is 11.9 Å². The summed E-state index contributed by atoms with van der Waals surface area (Å²) in [5, 5.41) is 2.64. The molecule has 2 aromatic carbocycles. The van der Waals surface area contributed by atoms with Gasteiger partial charge in [-0.15, -0.1) is 0 Å². The summed E-state index contributed by atoms with van der Waals surface area (Å²) in [6.45, 7) is 0.701. The van der Waals surface area contributed by atoms with Gasteiger partial charge in [0.25, 0.3) is 5.76 Å². The number of hydrogen-bond acceptors (Lipinski definition) is 3. The van der Waals surface area contributed by atoms with Gasteiger partial charge in [-0.25, -0.2) is 4.79 Å². The lowest BCUT2D eigenvalue weighted by molar-refractivity contribution is 0.207. The topological polar surface area (TPSA) is 41.6 Å². The molecule has 0 atom stereocenters. The number of urea groups is 1. The molecule has 0 radical (unpaired) electrons. The smallest absolute Gasteiger partial charge is 0.321 e. The summed E-state index contributed by atoms with van der Waals surface area (Å²) in [6, 6.07) is 15.4. The molecule has 2 amide bonds. The van der Waals surface area contributed by atoms with Crippen molar-refractivity contribution in [2.45, 2.75) is 10.7 Å². The van der Waals surface area contributed by atoms with Crippen molar-refractivity contribution in [3.05, 3.63) is 54.6 Å². The number of rotatable bonds is 7. The second-order valence-electron chi connectivity index (χ2n) is 4.89. The van der Waals surface area contributed by atoms with E-state index in [1.54, 1.807) is 31.3 Å². The zero-order valence-electron chi connectivity index (χ0n) is 13.1. The Morgan fingerprint density at radius 2 is 1.83 bits per heavy atom. The van der Waals surface area contributed by atoms with Crippen LogP contribution in [0.2, 0.25) is 0 Å². The quantitative estimate of drug-likeness (QED) is 0.744. The molecular weight excluding hydrogens is 334 g/mol. The van der Waals surface area contributed by atoms with Crippen molar-refractivity contribution in [2.24, 2.45) is 0 Å². The molecule has 0 saturated heterocycles. The van der Waals surface area contributed by atoms with Gasteiger partial charge in [0.15, 0.2) is 0 Å². The molecule has 0 aromatic heterocycles. The number of alkyl halides is 2.